The number of nitrogens with two attached hydrogens (primary N) is 1. The molecule has 0 saturated carbocycles. The molecule has 0 aliphatic rings. The fourth-order valence-corrected chi connectivity index (χ4v) is 2.01. The maximum atomic E-state index is 10.9. The Kier molecular flexibility index (Phi) is 2.76. The zero-order valence-corrected chi connectivity index (χ0v) is 10.2. The third kappa shape index (κ3) is 2.33. The molecule has 0 atom stereocenters. The lowest BCUT2D eigenvalue weighted by molar-refractivity contribution is -0.117. The van der Waals surface area contributed by atoms with Crippen molar-refractivity contribution in [1.82, 2.24) is 4.98 Å². The van der Waals surface area contributed by atoms with Crippen molar-refractivity contribution in [3.8, 4) is 11.5 Å². The van der Waals surface area contributed by atoms with Gasteiger partial charge in [0.15, 0.2) is 5.58 Å². The number of fused-ring (bicyclic) bond motifs is 1. The number of amides is 1. The Labute approximate surface area is 109 Å². The summed E-state index contributed by atoms with van der Waals surface area (Å²) in [4.78, 5) is 15.4. The summed E-state index contributed by atoms with van der Waals surface area (Å²) in [5.41, 5.74) is 8.46. The lowest BCUT2D eigenvalue weighted by atomic mass is 10.1. The lowest BCUT2D eigenvalue weighted by Crippen LogP contribution is -2.13. The first-order chi connectivity index (χ1) is 9.22. The standard InChI is InChI=1S/C15H12N2O2/c16-14(18)9-10-4-3-5-11(8-10)15-17-12-6-1-2-7-13(12)19-15/h1-8H,9H2,(H2,16,18). The summed E-state index contributed by atoms with van der Waals surface area (Å²) < 4.78 is 5.69. The monoisotopic (exact) mass is 252 g/mol. The number of hydrogen-bond acceptors (Lipinski definition) is 3. The molecule has 1 heterocycles. The Morgan fingerprint density at radius 1 is 1.16 bits per heavy atom. The van der Waals surface area contributed by atoms with Gasteiger partial charge in [0.1, 0.15) is 5.52 Å². The van der Waals surface area contributed by atoms with Crippen LogP contribution in [0.15, 0.2) is 52.9 Å². The van der Waals surface area contributed by atoms with Crippen molar-refractivity contribution in [3.63, 3.8) is 0 Å². The first-order valence-electron chi connectivity index (χ1n) is 5.95. The second kappa shape index (κ2) is 4.57. The summed E-state index contributed by atoms with van der Waals surface area (Å²) in [6.07, 6.45) is 0.216. The van der Waals surface area contributed by atoms with Gasteiger partial charge in [0.2, 0.25) is 11.8 Å². The zero-order valence-electron chi connectivity index (χ0n) is 10.2. The van der Waals surface area contributed by atoms with Crippen molar-refractivity contribution in [2.24, 2.45) is 5.73 Å². The molecule has 0 unspecified atom stereocenters. The number of para-hydroxylation sites is 2. The second-order valence-corrected chi connectivity index (χ2v) is 4.33. The average Bonchev–Trinajstić information content (AvgIpc) is 2.82. The van der Waals surface area contributed by atoms with E-state index in [1.807, 2.05) is 48.5 Å². The molecule has 0 aliphatic carbocycles. The van der Waals surface area contributed by atoms with E-state index in [2.05, 4.69) is 4.98 Å². The third-order valence-corrected chi connectivity index (χ3v) is 2.85. The molecule has 1 aromatic heterocycles. The smallest absolute Gasteiger partial charge is 0.227 e. The van der Waals surface area contributed by atoms with Crippen molar-refractivity contribution in [1.29, 1.82) is 0 Å². The number of benzene rings is 2. The van der Waals surface area contributed by atoms with E-state index in [0.29, 0.717) is 5.89 Å². The molecule has 1 amide bonds. The molecule has 4 heteroatoms. The van der Waals surface area contributed by atoms with Crippen LogP contribution in [0.2, 0.25) is 0 Å². The maximum absolute atomic E-state index is 10.9. The lowest BCUT2D eigenvalue weighted by Gasteiger charge is -2.00. The van der Waals surface area contributed by atoms with Crippen LogP contribution in [0, 0.1) is 0 Å². The molecule has 0 bridgehead atoms. The van der Waals surface area contributed by atoms with Crippen molar-refractivity contribution < 1.29 is 9.21 Å². The number of carbonyl (C=O) groups excluding carboxylic acids is 1. The first-order valence-corrected chi connectivity index (χ1v) is 5.95. The van der Waals surface area contributed by atoms with Crippen molar-refractivity contribution >= 4 is 17.0 Å². The fourth-order valence-electron chi connectivity index (χ4n) is 2.01. The quantitative estimate of drug-likeness (QED) is 0.778. The van der Waals surface area contributed by atoms with Crippen LogP contribution in [0.5, 0.6) is 0 Å². The van der Waals surface area contributed by atoms with Crippen LogP contribution in [0.3, 0.4) is 0 Å². The molecule has 0 spiro atoms. The summed E-state index contributed by atoms with van der Waals surface area (Å²) in [5, 5.41) is 0. The van der Waals surface area contributed by atoms with Crippen LogP contribution in [0.25, 0.3) is 22.6 Å². The summed E-state index contributed by atoms with van der Waals surface area (Å²) in [7, 11) is 0. The minimum atomic E-state index is -0.352. The topological polar surface area (TPSA) is 69.1 Å². The number of aromatic nitrogens is 1. The molecule has 3 aromatic rings. The van der Waals surface area contributed by atoms with Crippen LogP contribution in [-0.4, -0.2) is 10.9 Å². The van der Waals surface area contributed by atoms with Crippen LogP contribution >= 0.6 is 0 Å². The molecular weight excluding hydrogens is 240 g/mol. The van der Waals surface area contributed by atoms with Crippen LogP contribution in [0.1, 0.15) is 5.56 Å². The van der Waals surface area contributed by atoms with E-state index in [4.69, 9.17) is 10.2 Å². The van der Waals surface area contributed by atoms with E-state index in [1.165, 1.54) is 0 Å². The van der Waals surface area contributed by atoms with Gasteiger partial charge in [0.05, 0.1) is 6.42 Å². The Balaban J connectivity index is 2.03. The second-order valence-electron chi connectivity index (χ2n) is 4.33. The minimum Gasteiger partial charge on any atom is -0.436 e. The highest BCUT2D eigenvalue weighted by molar-refractivity contribution is 5.78. The van der Waals surface area contributed by atoms with Crippen molar-refractivity contribution in [2.45, 2.75) is 6.42 Å². The average molecular weight is 252 g/mol. The van der Waals surface area contributed by atoms with E-state index >= 15 is 0 Å². The summed E-state index contributed by atoms with van der Waals surface area (Å²) >= 11 is 0. The van der Waals surface area contributed by atoms with E-state index in [0.717, 1.165) is 22.2 Å². The van der Waals surface area contributed by atoms with Gasteiger partial charge in [-0.2, -0.15) is 0 Å². The molecule has 0 radical (unpaired) electrons. The highest BCUT2D eigenvalue weighted by atomic mass is 16.3. The largest absolute Gasteiger partial charge is 0.436 e. The highest BCUT2D eigenvalue weighted by Gasteiger charge is 2.08. The fraction of sp³-hybridized carbons (Fsp3) is 0.0667. The Morgan fingerprint density at radius 3 is 2.79 bits per heavy atom. The van der Waals surface area contributed by atoms with Crippen molar-refractivity contribution in [2.75, 3.05) is 0 Å². The number of primary amides is 1. The maximum Gasteiger partial charge on any atom is 0.227 e. The normalized spacial score (nSPS) is 10.7. The first kappa shape index (κ1) is 11.5. The van der Waals surface area contributed by atoms with E-state index in [-0.39, 0.29) is 12.3 Å². The minimum absolute atomic E-state index is 0.216. The Morgan fingerprint density at radius 2 is 2.00 bits per heavy atom. The van der Waals surface area contributed by atoms with E-state index in [9.17, 15) is 4.79 Å². The van der Waals surface area contributed by atoms with E-state index in [1.54, 1.807) is 0 Å². The number of hydrogen-bond donors (Lipinski definition) is 1. The molecule has 0 aliphatic heterocycles. The van der Waals surface area contributed by atoms with Crippen LogP contribution < -0.4 is 5.73 Å². The van der Waals surface area contributed by atoms with Gasteiger partial charge >= 0.3 is 0 Å². The van der Waals surface area contributed by atoms with Gasteiger partial charge in [0.25, 0.3) is 0 Å². The van der Waals surface area contributed by atoms with Gasteiger partial charge in [-0.25, -0.2) is 4.98 Å². The van der Waals surface area contributed by atoms with Crippen molar-refractivity contribution in [3.05, 3.63) is 54.1 Å². The number of carbonyl (C=O) groups is 1. The van der Waals surface area contributed by atoms with Crippen LogP contribution in [0.4, 0.5) is 0 Å². The Bertz CT molecular complexity index is 713. The van der Waals surface area contributed by atoms with Gasteiger partial charge in [-0.3, -0.25) is 4.79 Å². The summed E-state index contributed by atoms with van der Waals surface area (Å²) in [6.45, 7) is 0. The van der Waals surface area contributed by atoms with E-state index < -0.39 is 0 Å². The molecule has 94 valence electrons. The predicted octanol–water partition coefficient (Wildman–Crippen LogP) is 2.52. The number of oxazole rings is 1. The summed E-state index contributed by atoms with van der Waals surface area (Å²) in [5.74, 6) is 0.197. The zero-order chi connectivity index (χ0) is 13.2. The molecule has 0 fully saturated rings. The SMILES string of the molecule is NC(=O)Cc1cccc(-c2nc3ccccc3o2)c1. The molecule has 4 nitrogen and oxygen atoms in total. The Hall–Kier alpha value is -2.62. The van der Waals surface area contributed by atoms with Crippen LogP contribution in [-0.2, 0) is 11.2 Å². The molecule has 3 rings (SSSR count). The van der Waals surface area contributed by atoms with Gasteiger partial charge in [0, 0.05) is 5.56 Å². The predicted molar refractivity (Wildman–Crippen MR) is 72.3 cm³/mol. The van der Waals surface area contributed by atoms with Gasteiger partial charge in [-0.15, -0.1) is 0 Å². The third-order valence-electron chi connectivity index (χ3n) is 2.85. The molecular formula is C15H12N2O2. The molecule has 2 N–H and O–H groups in total. The number of rotatable bonds is 3. The molecule has 2 aromatic carbocycles. The summed E-state index contributed by atoms with van der Waals surface area (Å²) in [6, 6.07) is 15.1. The molecule has 19 heavy (non-hydrogen) atoms. The molecule has 0 saturated heterocycles. The van der Waals surface area contributed by atoms with Gasteiger partial charge < -0.3 is 10.2 Å². The highest BCUT2D eigenvalue weighted by Crippen LogP contribution is 2.24. The van der Waals surface area contributed by atoms with Gasteiger partial charge in [-0.05, 0) is 29.8 Å². The van der Waals surface area contributed by atoms with Gasteiger partial charge in [-0.1, -0.05) is 24.3 Å². The number of nitrogens with zero attached hydrogens (tertiary/aromatic N) is 1.